The van der Waals surface area contributed by atoms with Crippen LogP contribution in [-0.4, -0.2) is 57.7 Å². The number of aliphatic hydroxyl groups is 4. The molecule has 0 aliphatic carbocycles. The van der Waals surface area contributed by atoms with Crippen LogP contribution in [0.3, 0.4) is 0 Å². The van der Waals surface area contributed by atoms with Crippen LogP contribution in [0.25, 0.3) is 0 Å². The Kier molecular flexibility index (Phi) is 9.14. The molecule has 0 radical (unpaired) electrons. The van der Waals surface area contributed by atoms with E-state index in [0.717, 1.165) is 0 Å². The zero-order chi connectivity index (χ0) is 11.7. The van der Waals surface area contributed by atoms with Crippen LogP contribution < -0.4 is 11.5 Å². The lowest BCUT2D eigenvalue weighted by atomic mass is 10.1. The summed E-state index contributed by atoms with van der Waals surface area (Å²) in [6, 6.07) is -0.833. The second kappa shape index (κ2) is 8.38. The first kappa shape index (κ1) is 15.3. The van der Waals surface area contributed by atoms with Crippen molar-refractivity contribution in [3.8, 4) is 0 Å². The van der Waals surface area contributed by atoms with E-state index in [0.29, 0.717) is 0 Å². The summed E-state index contributed by atoms with van der Waals surface area (Å²) in [5, 5.41) is 34.1. The number of carbonyl (C=O) groups excluding carboxylic acids is 2. The van der Waals surface area contributed by atoms with Crippen LogP contribution >= 0.6 is 0 Å². The van der Waals surface area contributed by atoms with E-state index in [1.54, 1.807) is 0 Å². The number of rotatable bonds is 4. The van der Waals surface area contributed by atoms with E-state index in [-0.39, 0.29) is 6.29 Å². The highest BCUT2D eigenvalue weighted by molar-refractivity contribution is 5.69. The van der Waals surface area contributed by atoms with Crippen molar-refractivity contribution >= 4 is 12.3 Å². The Hall–Kier alpha value is -1.22. The van der Waals surface area contributed by atoms with E-state index in [1.165, 1.54) is 0 Å². The number of nitrogens with two attached hydrogens (primary N) is 2. The maximum absolute atomic E-state index is 9.76. The van der Waals surface area contributed by atoms with Crippen molar-refractivity contribution in [1.29, 1.82) is 0 Å². The molecule has 0 saturated carbocycles. The van der Waals surface area contributed by atoms with Gasteiger partial charge in [0, 0.05) is 0 Å². The minimum Gasteiger partial charge on any atom is -0.394 e. The first-order valence-electron chi connectivity index (χ1n) is 3.52. The number of hydrogen-bond donors (Lipinski definition) is 6. The van der Waals surface area contributed by atoms with E-state index in [2.05, 4.69) is 11.5 Å². The molecule has 0 fully saturated rings. The molecular weight excluding hydrogens is 196 g/mol. The summed E-state index contributed by atoms with van der Waals surface area (Å²) in [6.07, 6.45) is -4.63. The molecule has 0 aromatic rings. The molecule has 0 aromatic heterocycles. The number of amides is 2. The lowest BCUT2D eigenvalue weighted by Gasteiger charge is -2.16. The summed E-state index contributed by atoms with van der Waals surface area (Å²) in [7, 11) is 0. The van der Waals surface area contributed by atoms with Crippen molar-refractivity contribution in [2.75, 3.05) is 6.61 Å². The van der Waals surface area contributed by atoms with E-state index < -0.39 is 30.9 Å². The molecule has 8 N–H and O–H groups in total. The van der Waals surface area contributed by atoms with Gasteiger partial charge in [0.25, 0.3) is 0 Å². The number of aldehydes is 1. The quantitative estimate of drug-likeness (QED) is 0.261. The fourth-order valence-electron chi connectivity index (χ4n) is 0.416. The topological polar surface area (TPSA) is 167 Å². The highest BCUT2D eigenvalue weighted by Gasteiger charge is 2.22. The molecule has 2 amide bonds. The molecule has 14 heavy (non-hydrogen) atoms. The molecule has 0 saturated heterocycles. The number of urea groups is 1. The van der Waals surface area contributed by atoms with Crippen LogP contribution in [0.1, 0.15) is 0 Å². The zero-order valence-electron chi connectivity index (χ0n) is 7.28. The standard InChI is InChI=1S/C5H10O5.CH4N2O/c6-1-3(8)5(10)4(9)2-7;2-1(3)4/h1,3-5,7-10H,2H2;(H4,2,3,4). The van der Waals surface area contributed by atoms with Crippen LogP contribution in [0.5, 0.6) is 0 Å². The third-order valence-corrected chi connectivity index (χ3v) is 1.07. The maximum Gasteiger partial charge on any atom is 0.309 e. The average molecular weight is 210 g/mol. The largest absolute Gasteiger partial charge is 0.394 e. The van der Waals surface area contributed by atoms with Gasteiger partial charge in [-0.25, -0.2) is 4.79 Å². The van der Waals surface area contributed by atoms with E-state index >= 15 is 0 Å². The Morgan fingerprint density at radius 3 is 1.86 bits per heavy atom. The van der Waals surface area contributed by atoms with Gasteiger partial charge in [-0.05, 0) is 0 Å². The third kappa shape index (κ3) is 8.87. The maximum atomic E-state index is 9.76. The van der Waals surface area contributed by atoms with Crippen molar-refractivity contribution in [2.24, 2.45) is 11.5 Å². The third-order valence-electron chi connectivity index (χ3n) is 1.07. The lowest BCUT2D eigenvalue weighted by Crippen LogP contribution is -2.40. The Labute approximate surface area is 79.7 Å². The minimum atomic E-state index is -1.64. The molecule has 8 nitrogen and oxygen atoms in total. The van der Waals surface area contributed by atoms with E-state index in [1.807, 2.05) is 0 Å². The second-order valence-corrected chi connectivity index (χ2v) is 2.27. The van der Waals surface area contributed by atoms with Gasteiger partial charge in [0.15, 0.2) is 6.29 Å². The summed E-state index contributed by atoms with van der Waals surface area (Å²) in [6.45, 7) is -0.688. The van der Waals surface area contributed by atoms with Gasteiger partial charge in [0.1, 0.15) is 18.3 Å². The van der Waals surface area contributed by atoms with Gasteiger partial charge < -0.3 is 36.7 Å². The van der Waals surface area contributed by atoms with Crippen molar-refractivity contribution in [2.45, 2.75) is 18.3 Å². The van der Waals surface area contributed by atoms with Crippen molar-refractivity contribution < 1.29 is 30.0 Å². The van der Waals surface area contributed by atoms with Gasteiger partial charge in [0.2, 0.25) is 0 Å². The number of primary amides is 2. The first-order valence-corrected chi connectivity index (χ1v) is 3.52. The fraction of sp³-hybridized carbons (Fsp3) is 0.667. The predicted octanol–water partition coefficient (Wildman–Crippen LogP) is -3.72. The van der Waals surface area contributed by atoms with Gasteiger partial charge in [-0.2, -0.15) is 0 Å². The van der Waals surface area contributed by atoms with Crippen LogP contribution in [0.15, 0.2) is 0 Å². The number of hydrogen-bond acceptors (Lipinski definition) is 6. The minimum absolute atomic E-state index is 0.0869. The molecule has 0 aliphatic rings. The summed E-state index contributed by atoms with van der Waals surface area (Å²) in [5.41, 5.74) is 8.50. The Bertz CT molecular complexity index is 172. The molecule has 0 aliphatic heterocycles. The molecule has 3 atom stereocenters. The zero-order valence-corrected chi connectivity index (χ0v) is 7.28. The van der Waals surface area contributed by atoms with E-state index in [4.69, 9.17) is 25.2 Å². The molecule has 0 spiro atoms. The Morgan fingerprint density at radius 2 is 1.64 bits per heavy atom. The van der Waals surface area contributed by atoms with Gasteiger partial charge in [-0.1, -0.05) is 0 Å². The SMILES string of the molecule is NC(N)=O.O=CC(O)C(O)C(O)CO. The predicted molar refractivity (Wildman–Crippen MR) is 44.9 cm³/mol. The number of aliphatic hydroxyl groups excluding tert-OH is 4. The summed E-state index contributed by atoms with van der Waals surface area (Å²) in [5.74, 6) is 0. The molecular formula is C6H14N2O6. The van der Waals surface area contributed by atoms with Crippen molar-refractivity contribution in [3.05, 3.63) is 0 Å². The normalized spacial score (nSPS) is 15.7. The summed E-state index contributed by atoms with van der Waals surface area (Å²) < 4.78 is 0. The molecule has 8 heteroatoms. The molecule has 0 aromatic carbocycles. The van der Waals surface area contributed by atoms with Gasteiger partial charge in [-0.15, -0.1) is 0 Å². The van der Waals surface area contributed by atoms with Gasteiger partial charge in [-0.3, -0.25) is 0 Å². The number of carbonyl (C=O) groups is 2. The summed E-state index contributed by atoms with van der Waals surface area (Å²) in [4.78, 5) is 18.8. The van der Waals surface area contributed by atoms with Gasteiger partial charge in [0.05, 0.1) is 6.61 Å². The first-order chi connectivity index (χ1) is 6.36. The fourth-order valence-corrected chi connectivity index (χ4v) is 0.416. The molecule has 0 bridgehead atoms. The van der Waals surface area contributed by atoms with Crippen LogP contribution in [-0.2, 0) is 4.79 Å². The second-order valence-electron chi connectivity index (χ2n) is 2.27. The summed E-state index contributed by atoms with van der Waals surface area (Å²) >= 11 is 0. The van der Waals surface area contributed by atoms with Gasteiger partial charge >= 0.3 is 6.03 Å². The van der Waals surface area contributed by atoms with Crippen molar-refractivity contribution in [3.63, 3.8) is 0 Å². The van der Waals surface area contributed by atoms with Crippen LogP contribution in [0.2, 0.25) is 0 Å². The molecule has 0 rings (SSSR count). The monoisotopic (exact) mass is 210 g/mol. The molecule has 3 unspecified atom stereocenters. The average Bonchev–Trinajstić information content (AvgIpc) is 2.13. The Balaban J connectivity index is 0. The van der Waals surface area contributed by atoms with Crippen LogP contribution in [0.4, 0.5) is 4.79 Å². The van der Waals surface area contributed by atoms with E-state index in [9.17, 15) is 4.79 Å². The molecule has 84 valence electrons. The molecule has 0 heterocycles. The van der Waals surface area contributed by atoms with Crippen LogP contribution in [0, 0.1) is 0 Å². The highest BCUT2D eigenvalue weighted by atomic mass is 16.4. The Morgan fingerprint density at radius 1 is 1.29 bits per heavy atom. The lowest BCUT2D eigenvalue weighted by molar-refractivity contribution is -0.127. The highest BCUT2D eigenvalue weighted by Crippen LogP contribution is 1.96. The van der Waals surface area contributed by atoms with Crippen molar-refractivity contribution in [1.82, 2.24) is 0 Å². The smallest absolute Gasteiger partial charge is 0.309 e.